The molecule has 14 heteroatoms. The van der Waals surface area contributed by atoms with E-state index in [9.17, 15) is 9.59 Å². The van der Waals surface area contributed by atoms with Crippen LogP contribution in [0, 0.1) is 0 Å². The fourth-order valence-corrected chi connectivity index (χ4v) is 9.46. The summed E-state index contributed by atoms with van der Waals surface area (Å²) in [5.41, 5.74) is 9.65. The smallest absolute Gasteiger partial charge is 0.346 e. The number of hydrogen-bond donors (Lipinski definition) is 0. The highest BCUT2D eigenvalue weighted by Crippen LogP contribution is 2.33. The Morgan fingerprint density at radius 3 is 1.47 bits per heavy atom. The van der Waals surface area contributed by atoms with Crippen LogP contribution in [0.25, 0.3) is 69.1 Å². The van der Waals surface area contributed by atoms with Crippen molar-refractivity contribution in [3.8, 4) is 62.0 Å². The Morgan fingerprint density at radius 1 is 0.541 bits per heavy atom. The van der Waals surface area contributed by atoms with E-state index in [-0.39, 0.29) is 12.0 Å². The number of nitrogens with zero attached hydrogens (tertiary/aromatic N) is 4. The van der Waals surface area contributed by atoms with Crippen molar-refractivity contribution in [1.82, 2.24) is 19.1 Å². The molecule has 74 heavy (non-hydrogen) atoms. The summed E-state index contributed by atoms with van der Waals surface area (Å²) < 4.78 is 21.5. The predicted molar refractivity (Wildman–Crippen MR) is 303 cm³/mol. The first-order chi connectivity index (χ1) is 35.8. The van der Waals surface area contributed by atoms with Crippen LogP contribution in [-0.4, -0.2) is 37.6 Å². The molecular weight excluding hydrogens is 1080 g/mol. The van der Waals surface area contributed by atoms with E-state index < -0.39 is 11.9 Å². The summed E-state index contributed by atoms with van der Waals surface area (Å²) >= 11 is 28.4. The third-order valence-corrected chi connectivity index (χ3v) is 13.7. The number of aromatic nitrogens is 4. The first-order valence-electron chi connectivity index (χ1n) is 23.4. The maximum Gasteiger partial charge on any atom is 0.346 e. The zero-order valence-corrected chi connectivity index (χ0v) is 44.6. The first kappa shape index (κ1) is 51.7. The van der Waals surface area contributed by atoms with Crippen LogP contribution in [0.2, 0.25) is 20.1 Å². The second-order valence-electron chi connectivity index (χ2n) is 17.2. The van der Waals surface area contributed by atoms with E-state index in [4.69, 9.17) is 70.6 Å². The lowest BCUT2D eigenvalue weighted by Gasteiger charge is -2.10. The molecule has 0 aliphatic heterocycles. The highest BCUT2D eigenvalue weighted by molar-refractivity contribution is 9.10. The van der Waals surface area contributed by atoms with Crippen LogP contribution < -0.4 is 9.47 Å². The van der Waals surface area contributed by atoms with Gasteiger partial charge >= 0.3 is 11.9 Å². The molecule has 0 bridgehead atoms. The average molecular weight is 1120 g/mol. The molecule has 0 aliphatic carbocycles. The van der Waals surface area contributed by atoms with Crippen LogP contribution in [0.4, 0.5) is 0 Å². The Balaban J connectivity index is 0.683. The molecule has 0 saturated carbocycles. The minimum absolute atomic E-state index is 0.0751. The standard InChI is InChI=1S/C60H45BrCl4N4O5/c1-68-36-55(50-27-20-44(62)33-53(50)64)66-57(68)30-10-38-6-12-40(13-7-38)42-16-22-46(23-17-42)72-32-4-3-5-59(70)74-60(71)49-29-26-48(35-52(49)61)73-47-24-18-43(19-25-47)41-14-8-39(9-15-41)11-31-58-67-56(37-69(58)2)51-28-21-45(63)34-54(51)65/h6-31,33-37H,3-5,32H2,1-2H3. The van der Waals surface area contributed by atoms with Crippen LogP contribution in [0.3, 0.4) is 0 Å². The monoisotopic (exact) mass is 1120 g/mol. The third-order valence-electron chi connectivity index (χ3n) is 11.9. The molecule has 2 aromatic heterocycles. The molecule has 0 saturated heterocycles. The van der Waals surface area contributed by atoms with Crippen molar-refractivity contribution in [3.05, 3.63) is 217 Å². The van der Waals surface area contributed by atoms with Gasteiger partial charge in [-0.1, -0.05) is 131 Å². The van der Waals surface area contributed by atoms with Crippen molar-refractivity contribution in [2.24, 2.45) is 14.1 Å². The van der Waals surface area contributed by atoms with Crippen LogP contribution in [0.5, 0.6) is 17.2 Å². The summed E-state index contributed by atoms with van der Waals surface area (Å²) in [6.45, 7) is 0.409. The minimum Gasteiger partial charge on any atom is -0.494 e. The van der Waals surface area contributed by atoms with Gasteiger partial charge in [0.25, 0.3) is 0 Å². The number of carbonyl (C=O) groups is 2. The maximum atomic E-state index is 12.9. The average Bonchev–Trinajstić information content (AvgIpc) is 3.95. The van der Waals surface area contributed by atoms with Gasteiger partial charge in [0.2, 0.25) is 0 Å². The zero-order valence-electron chi connectivity index (χ0n) is 39.9. The van der Waals surface area contributed by atoms with E-state index in [0.29, 0.717) is 55.5 Å². The van der Waals surface area contributed by atoms with Crippen molar-refractivity contribution in [3.63, 3.8) is 0 Å². The number of rotatable bonds is 17. The number of halogens is 5. The maximum absolute atomic E-state index is 12.9. The fraction of sp³-hybridized carbons (Fsp3) is 0.100. The number of benzene rings is 7. The summed E-state index contributed by atoms with van der Waals surface area (Å²) in [6.07, 6.45) is 13.0. The molecule has 0 fully saturated rings. The lowest BCUT2D eigenvalue weighted by molar-refractivity contribution is -0.138. The zero-order chi connectivity index (χ0) is 51.7. The quantitative estimate of drug-likeness (QED) is 0.0509. The number of imidazole rings is 2. The summed E-state index contributed by atoms with van der Waals surface area (Å²) in [6, 6.07) is 47.7. The highest BCUT2D eigenvalue weighted by Gasteiger charge is 2.18. The lowest BCUT2D eigenvalue weighted by atomic mass is 10.0. The highest BCUT2D eigenvalue weighted by atomic mass is 79.9. The molecule has 7 aromatic carbocycles. The van der Waals surface area contributed by atoms with Gasteiger partial charge in [0.15, 0.2) is 0 Å². The van der Waals surface area contributed by atoms with E-state index in [0.717, 1.165) is 73.3 Å². The molecule has 0 amide bonds. The minimum atomic E-state index is -0.744. The molecule has 0 N–H and O–H groups in total. The molecular formula is C60H45BrCl4N4O5. The number of aryl methyl sites for hydroxylation is 2. The Bertz CT molecular complexity index is 3540. The van der Waals surface area contributed by atoms with E-state index >= 15 is 0 Å². The molecule has 0 aliphatic rings. The second kappa shape index (κ2) is 23.8. The molecule has 9 rings (SSSR count). The van der Waals surface area contributed by atoms with Crippen LogP contribution >= 0.6 is 62.3 Å². The number of unbranched alkanes of at least 4 members (excludes halogenated alkanes) is 1. The molecule has 2 heterocycles. The van der Waals surface area contributed by atoms with E-state index in [1.54, 1.807) is 42.5 Å². The number of carbonyl (C=O) groups excluding carboxylic acids is 2. The number of esters is 2. The first-order valence-corrected chi connectivity index (χ1v) is 25.7. The Kier molecular flexibility index (Phi) is 16.6. The Labute approximate surface area is 457 Å². The van der Waals surface area contributed by atoms with Crippen molar-refractivity contribution in [2.75, 3.05) is 6.61 Å². The second-order valence-corrected chi connectivity index (χ2v) is 19.8. The summed E-state index contributed by atoms with van der Waals surface area (Å²) in [7, 11) is 3.89. The van der Waals surface area contributed by atoms with Gasteiger partial charge in [-0.05, 0) is 153 Å². The van der Waals surface area contributed by atoms with E-state index in [1.807, 2.05) is 121 Å². The largest absolute Gasteiger partial charge is 0.494 e. The van der Waals surface area contributed by atoms with Gasteiger partial charge in [0, 0.05) is 58.6 Å². The SMILES string of the molecule is Cn1cc(-c2ccc(Cl)cc2Cl)nc1C=Cc1ccc(-c2ccc(OCCCCC(=O)OC(=O)c3ccc(Oc4ccc(-c5ccc(C=Cc6nc(-c7ccc(Cl)cc7Cl)cn6C)cc5)cc4)cc3Br)cc2)cc1. The molecule has 0 atom stereocenters. The van der Waals surface area contributed by atoms with Gasteiger partial charge in [-0.15, -0.1) is 0 Å². The third kappa shape index (κ3) is 13.1. The molecule has 0 unspecified atom stereocenters. The van der Waals surface area contributed by atoms with Crippen molar-refractivity contribution >= 4 is 98.6 Å². The van der Waals surface area contributed by atoms with Gasteiger partial charge in [-0.3, -0.25) is 4.79 Å². The van der Waals surface area contributed by atoms with Gasteiger partial charge < -0.3 is 23.3 Å². The van der Waals surface area contributed by atoms with Crippen molar-refractivity contribution < 1.29 is 23.8 Å². The van der Waals surface area contributed by atoms with Gasteiger partial charge in [-0.2, -0.15) is 0 Å². The predicted octanol–water partition coefficient (Wildman–Crippen LogP) is 17.3. The van der Waals surface area contributed by atoms with Crippen molar-refractivity contribution in [1.29, 1.82) is 0 Å². The fourth-order valence-electron chi connectivity index (χ4n) is 7.93. The van der Waals surface area contributed by atoms with Gasteiger partial charge in [-0.25, -0.2) is 14.8 Å². The molecule has 0 spiro atoms. The van der Waals surface area contributed by atoms with Crippen LogP contribution in [0.15, 0.2) is 169 Å². The number of hydrogen-bond acceptors (Lipinski definition) is 7. The molecule has 370 valence electrons. The van der Waals surface area contributed by atoms with Crippen LogP contribution in [0.1, 0.15) is 52.4 Å². The normalized spacial score (nSPS) is 11.4. The van der Waals surface area contributed by atoms with Crippen molar-refractivity contribution in [2.45, 2.75) is 19.3 Å². The molecule has 9 aromatic rings. The number of ether oxygens (including phenoxy) is 3. The van der Waals surface area contributed by atoms with E-state index in [2.05, 4.69) is 64.5 Å². The topological polar surface area (TPSA) is 97.5 Å². The summed E-state index contributed by atoms with van der Waals surface area (Å²) in [5.74, 6) is 2.08. The van der Waals surface area contributed by atoms with E-state index in [1.165, 1.54) is 0 Å². The summed E-state index contributed by atoms with van der Waals surface area (Å²) in [5, 5.41) is 2.26. The van der Waals surface area contributed by atoms with Gasteiger partial charge in [0.05, 0.1) is 33.6 Å². The summed E-state index contributed by atoms with van der Waals surface area (Å²) in [4.78, 5) is 35.0. The van der Waals surface area contributed by atoms with Gasteiger partial charge in [0.1, 0.15) is 28.9 Å². The lowest BCUT2D eigenvalue weighted by Crippen LogP contribution is -2.13. The Hall–Kier alpha value is -7.18. The molecule has 9 nitrogen and oxygen atoms in total. The molecule has 0 radical (unpaired) electrons. The van der Waals surface area contributed by atoms with Crippen LogP contribution in [-0.2, 0) is 23.6 Å². The Morgan fingerprint density at radius 2 is 1.00 bits per heavy atom.